The second-order valence-electron chi connectivity index (χ2n) is 6.19. The predicted octanol–water partition coefficient (Wildman–Crippen LogP) is 3.29. The maximum atomic E-state index is 13.2. The van der Waals surface area contributed by atoms with Crippen LogP contribution in [0.5, 0.6) is 0 Å². The maximum Gasteiger partial charge on any atom is 0.248 e. The van der Waals surface area contributed by atoms with Gasteiger partial charge >= 0.3 is 0 Å². The fraction of sp³-hybridized carbons (Fsp3) is 0.733. The highest BCUT2D eigenvalue weighted by Crippen LogP contribution is 2.39. The Balaban J connectivity index is 1.70. The topological polar surface area (TPSA) is 49.0 Å². The molecule has 0 aromatic carbocycles. The molecule has 1 unspecified atom stereocenters. The number of hydrogen-bond acceptors (Lipinski definition) is 2. The molecule has 116 valence electrons. The Morgan fingerprint density at radius 1 is 1.29 bits per heavy atom. The van der Waals surface area contributed by atoms with Gasteiger partial charge in [0.25, 0.3) is 0 Å². The van der Waals surface area contributed by atoms with Crippen LogP contribution in [0.2, 0.25) is 0 Å². The van der Waals surface area contributed by atoms with Crippen LogP contribution >= 0.6 is 0 Å². The van der Waals surface area contributed by atoms with Crippen molar-refractivity contribution in [1.82, 2.24) is 15.1 Å². The molecule has 0 bridgehead atoms. The number of hydrogen-bond donors (Lipinski definition) is 1. The van der Waals surface area contributed by atoms with Crippen LogP contribution in [-0.4, -0.2) is 33.5 Å². The van der Waals surface area contributed by atoms with E-state index in [4.69, 9.17) is 0 Å². The zero-order chi connectivity index (χ0) is 14.9. The van der Waals surface area contributed by atoms with Crippen LogP contribution in [0.1, 0.15) is 56.7 Å². The zero-order valence-electron chi connectivity index (χ0n) is 12.0. The zero-order valence-corrected chi connectivity index (χ0v) is 12.0. The third kappa shape index (κ3) is 3.09. The highest BCUT2D eigenvalue weighted by atomic mass is 19.3. The quantitative estimate of drug-likeness (QED) is 0.910. The summed E-state index contributed by atoms with van der Waals surface area (Å²) >= 11 is 0. The largest absolute Gasteiger partial charge is 0.334 e. The number of alkyl halides is 2. The number of nitrogens with one attached hydrogen (secondary N) is 1. The van der Waals surface area contributed by atoms with Crippen LogP contribution in [0.4, 0.5) is 8.78 Å². The molecule has 0 spiro atoms. The molecule has 2 aliphatic rings. The van der Waals surface area contributed by atoms with Crippen LogP contribution in [0.25, 0.3) is 0 Å². The minimum atomic E-state index is -2.58. The summed E-state index contributed by atoms with van der Waals surface area (Å²) in [5.41, 5.74) is 0.948. The summed E-state index contributed by atoms with van der Waals surface area (Å²) in [6.45, 7) is 0.718. The summed E-state index contributed by atoms with van der Waals surface area (Å²) in [6, 6.07) is 1.92. The number of carbonyl (C=O) groups is 1. The summed E-state index contributed by atoms with van der Waals surface area (Å²) in [7, 11) is 0. The van der Waals surface area contributed by atoms with Gasteiger partial charge in [-0.25, -0.2) is 8.78 Å². The molecule has 1 saturated heterocycles. The average Bonchev–Trinajstić information content (AvgIpc) is 3.01. The van der Waals surface area contributed by atoms with Gasteiger partial charge in [0.2, 0.25) is 11.8 Å². The Kier molecular flexibility index (Phi) is 3.95. The molecule has 4 nitrogen and oxygen atoms in total. The van der Waals surface area contributed by atoms with E-state index in [2.05, 4.69) is 10.2 Å². The third-order valence-electron chi connectivity index (χ3n) is 4.73. The number of rotatable bonds is 2. The van der Waals surface area contributed by atoms with Gasteiger partial charge in [-0.05, 0) is 38.2 Å². The van der Waals surface area contributed by atoms with Crippen LogP contribution < -0.4 is 0 Å². The Bertz CT molecular complexity index is 479. The summed E-state index contributed by atoms with van der Waals surface area (Å²) in [5.74, 6) is -2.78. The molecule has 3 rings (SSSR count). The van der Waals surface area contributed by atoms with Crippen LogP contribution in [-0.2, 0) is 4.79 Å². The summed E-state index contributed by atoms with van der Waals surface area (Å²) < 4.78 is 26.5. The molecule has 1 aliphatic heterocycles. The van der Waals surface area contributed by atoms with E-state index >= 15 is 0 Å². The van der Waals surface area contributed by atoms with Gasteiger partial charge < -0.3 is 4.90 Å². The van der Waals surface area contributed by atoms with Crippen molar-refractivity contribution in [3.05, 3.63) is 18.0 Å². The molecule has 21 heavy (non-hydrogen) atoms. The maximum absolute atomic E-state index is 13.2. The molecule has 1 aliphatic carbocycles. The van der Waals surface area contributed by atoms with E-state index in [1.807, 2.05) is 11.0 Å². The summed E-state index contributed by atoms with van der Waals surface area (Å²) in [5, 5.41) is 6.90. The smallest absolute Gasteiger partial charge is 0.248 e. The Morgan fingerprint density at radius 3 is 2.71 bits per heavy atom. The standard InChI is InChI=1S/C15H21F2N3O/c16-15(17)7-4-11(5-8-15)14(21)20-10-2-1-3-13(20)12-6-9-18-19-12/h6,9,11,13H,1-5,7-8,10H2,(H,18,19). The number of H-pyrrole nitrogens is 1. The van der Waals surface area contributed by atoms with Crippen molar-refractivity contribution in [2.24, 2.45) is 5.92 Å². The van der Waals surface area contributed by atoms with Gasteiger partial charge in [-0.2, -0.15) is 5.10 Å². The number of halogens is 2. The van der Waals surface area contributed by atoms with Crippen molar-refractivity contribution >= 4 is 5.91 Å². The number of likely N-dealkylation sites (tertiary alicyclic amines) is 1. The fourth-order valence-electron chi connectivity index (χ4n) is 3.49. The van der Waals surface area contributed by atoms with E-state index in [9.17, 15) is 13.6 Å². The van der Waals surface area contributed by atoms with Crippen molar-refractivity contribution in [2.75, 3.05) is 6.54 Å². The third-order valence-corrected chi connectivity index (χ3v) is 4.73. The van der Waals surface area contributed by atoms with Crippen LogP contribution in [0, 0.1) is 5.92 Å². The summed E-state index contributed by atoms with van der Waals surface area (Å²) in [4.78, 5) is 14.6. The fourth-order valence-corrected chi connectivity index (χ4v) is 3.49. The molecule has 6 heteroatoms. The lowest BCUT2D eigenvalue weighted by Gasteiger charge is -2.39. The SMILES string of the molecule is O=C(C1CCC(F)(F)CC1)N1CCCCC1c1ccn[nH]1. The second-order valence-corrected chi connectivity index (χ2v) is 6.19. The van der Waals surface area contributed by atoms with Gasteiger partial charge in [0, 0.05) is 31.5 Å². The first-order valence-electron chi connectivity index (χ1n) is 7.74. The van der Waals surface area contributed by atoms with Gasteiger partial charge in [-0.3, -0.25) is 9.89 Å². The second kappa shape index (κ2) is 5.73. The molecule has 1 atom stereocenters. The lowest BCUT2D eigenvalue weighted by atomic mass is 9.85. The number of piperidine rings is 1. The molecule has 1 aromatic heterocycles. The van der Waals surface area contributed by atoms with E-state index in [0.29, 0.717) is 12.8 Å². The first kappa shape index (κ1) is 14.5. The lowest BCUT2D eigenvalue weighted by molar-refractivity contribution is -0.143. The highest BCUT2D eigenvalue weighted by Gasteiger charge is 2.40. The van der Waals surface area contributed by atoms with Crippen molar-refractivity contribution in [2.45, 2.75) is 56.9 Å². The monoisotopic (exact) mass is 297 g/mol. The molecule has 1 saturated carbocycles. The molecular formula is C15H21F2N3O. The number of amides is 1. The van der Waals surface area contributed by atoms with Gasteiger partial charge in [-0.15, -0.1) is 0 Å². The van der Waals surface area contributed by atoms with E-state index in [0.717, 1.165) is 31.5 Å². The normalized spacial score (nSPS) is 26.8. The number of carbonyl (C=O) groups excluding carboxylic acids is 1. The average molecular weight is 297 g/mol. The molecule has 1 amide bonds. The Labute approximate surface area is 122 Å². The van der Waals surface area contributed by atoms with E-state index in [-0.39, 0.29) is 30.7 Å². The van der Waals surface area contributed by atoms with Crippen molar-refractivity contribution in [1.29, 1.82) is 0 Å². The van der Waals surface area contributed by atoms with Crippen molar-refractivity contribution in [3.8, 4) is 0 Å². The minimum absolute atomic E-state index is 0.0242. The molecule has 2 fully saturated rings. The molecule has 0 radical (unpaired) electrons. The van der Waals surface area contributed by atoms with Gasteiger partial charge in [0.05, 0.1) is 11.7 Å². The van der Waals surface area contributed by atoms with Crippen molar-refractivity contribution in [3.63, 3.8) is 0 Å². The predicted molar refractivity (Wildman–Crippen MR) is 73.8 cm³/mol. The number of aromatic amines is 1. The van der Waals surface area contributed by atoms with Gasteiger partial charge in [0.1, 0.15) is 0 Å². The first-order valence-corrected chi connectivity index (χ1v) is 7.74. The highest BCUT2D eigenvalue weighted by molar-refractivity contribution is 5.79. The molecule has 2 heterocycles. The molecule has 1 aromatic rings. The summed E-state index contributed by atoms with van der Waals surface area (Å²) in [6.07, 6.45) is 4.95. The molecule has 1 N–H and O–H groups in total. The molecular weight excluding hydrogens is 276 g/mol. The van der Waals surface area contributed by atoms with E-state index in [1.54, 1.807) is 6.20 Å². The Morgan fingerprint density at radius 2 is 2.05 bits per heavy atom. The van der Waals surface area contributed by atoms with E-state index in [1.165, 1.54) is 0 Å². The first-order chi connectivity index (χ1) is 10.1. The van der Waals surface area contributed by atoms with Crippen LogP contribution in [0.15, 0.2) is 12.3 Å². The van der Waals surface area contributed by atoms with Crippen molar-refractivity contribution < 1.29 is 13.6 Å². The Hall–Kier alpha value is -1.46. The van der Waals surface area contributed by atoms with Crippen LogP contribution in [0.3, 0.4) is 0 Å². The number of nitrogens with zero attached hydrogens (tertiary/aromatic N) is 2. The van der Waals surface area contributed by atoms with Gasteiger partial charge in [-0.1, -0.05) is 0 Å². The lowest BCUT2D eigenvalue weighted by Crippen LogP contribution is -2.43. The van der Waals surface area contributed by atoms with Gasteiger partial charge in [0.15, 0.2) is 0 Å². The minimum Gasteiger partial charge on any atom is -0.334 e. The van der Waals surface area contributed by atoms with E-state index < -0.39 is 5.92 Å². The number of aromatic nitrogens is 2.